The van der Waals surface area contributed by atoms with Crippen LogP contribution in [-0.4, -0.2) is 37.2 Å². The lowest BCUT2D eigenvalue weighted by Crippen LogP contribution is -2.30. The second kappa shape index (κ2) is 44.0. The van der Waals surface area contributed by atoms with Gasteiger partial charge in [-0.2, -0.15) is 0 Å². The molecule has 57 heavy (non-hydrogen) atoms. The Balaban J connectivity index is 4.31. The molecule has 0 aromatic carbocycles. The van der Waals surface area contributed by atoms with Gasteiger partial charge in [-0.15, -0.1) is 0 Å². The summed E-state index contributed by atoms with van der Waals surface area (Å²) in [5.74, 6) is 0.846. The summed E-state index contributed by atoms with van der Waals surface area (Å²) in [7, 11) is 0. The van der Waals surface area contributed by atoms with Gasteiger partial charge < -0.3 is 14.2 Å². The number of ether oxygens (including phenoxy) is 3. The molecule has 0 radical (unpaired) electrons. The van der Waals surface area contributed by atoms with Crippen molar-refractivity contribution in [3.63, 3.8) is 0 Å². The van der Waals surface area contributed by atoms with Crippen molar-refractivity contribution in [3.05, 3.63) is 0 Å². The van der Waals surface area contributed by atoms with E-state index < -0.39 is 6.10 Å². The Kier molecular flexibility index (Phi) is 42.7. The van der Waals surface area contributed by atoms with Gasteiger partial charge in [-0.25, -0.2) is 0 Å². The molecule has 6 nitrogen and oxygen atoms in total. The lowest BCUT2D eigenvalue weighted by atomic mass is 9.99. The van der Waals surface area contributed by atoms with Crippen molar-refractivity contribution < 1.29 is 28.6 Å². The highest BCUT2D eigenvalue weighted by atomic mass is 16.6. The van der Waals surface area contributed by atoms with Gasteiger partial charge in [0.25, 0.3) is 0 Å². The van der Waals surface area contributed by atoms with E-state index in [2.05, 4.69) is 34.6 Å². The maximum atomic E-state index is 12.7. The van der Waals surface area contributed by atoms with Crippen molar-refractivity contribution in [2.45, 2.75) is 285 Å². The molecule has 0 aliphatic heterocycles. The summed E-state index contributed by atoms with van der Waals surface area (Å²) >= 11 is 0. The maximum absolute atomic E-state index is 12.7. The molecule has 0 N–H and O–H groups in total. The molecule has 338 valence electrons. The second-order valence-corrected chi connectivity index (χ2v) is 18.2. The molecule has 0 aliphatic carbocycles. The van der Waals surface area contributed by atoms with E-state index in [0.717, 1.165) is 69.6 Å². The largest absolute Gasteiger partial charge is 0.462 e. The Labute approximate surface area is 355 Å². The number of unbranched alkanes of at least 4 members (excludes halogenated alkanes) is 29. The molecular weight excluding hydrogens is 709 g/mol. The number of esters is 3. The summed E-state index contributed by atoms with van der Waals surface area (Å²) in [4.78, 5) is 37.9. The number of hydrogen-bond acceptors (Lipinski definition) is 6. The lowest BCUT2D eigenvalue weighted by Gasteiger charge is -2.18. The summed E-state index contributed by atoms with van der Waals surface area (Å²) in [5.41, 5.74) is 0. The van der Waals surface area contributed by atoms with E-state index in [0.29, 0.717) is 19.3 Å². The number of carbonyl (C=O) groups is 3. The number of rotatable bonds is 45. The van der Waals surface area contributed by atoms with E-state index in [9.17, 15) is 14.4 Å². The summed E-state index contributed by atoms with van der Waals surface area (Å²) in [6, 6.07) is 0. The highest BCUT2D eigenvalue weighted by Gasteiger charge is 2.19. The van der Waals surface area contributed by atoms with Crippen molar-refractivity contribution in [2.24, 2.45) is 11.8 Å². The zero-order valence-corrected chi connectivity index (χ0v) is 39.0. The SMILES string of the molecule is CCCCCCCCCCCCCC(=O)O[C@@H](COC(=O)CCCCCCCCCCCCCC(C)C)COC(=O)CCCCCCCCCCCCC(C)CC. The van der Waals surface area contributed by atoms with Crippen molar-refractivity contribution in [3.8, 4) is 0 Å². The smallest absolute Gasteiger partial charge is 0.306 e. The minimum absolute atomic E-state index is 0.0640. The van der Waals surface area contributed by atoms with E-state index >= 15 is 0 Å². The van der Waals surface area contributed by atoms with E-state index in [1.807, 2.05) is 0 Å². The third-order valence-electron chi connectivity index (χ3n) is 11.8. The molecule has 0 aromatic heterocycles. The Hall–Kier alpha value is -1.59. The van der Waals surface area contributed by atoms with Crippen LogP contribution in [0.1, 0.15) is 279 Å². The Bertz CT molecular complexity index is 872. The van der Waals surface area contributed by atoms with Crippen LogP contribution in [0.2, 0.25) is 0 Å². The maximum Gasteiger partial charge on any atom is 0.306 e. The van der Waals surface area contributed by atoms with Crippen LogP contribution in [0.15, 0.2) is 0 Å². The van der Waals surface area contributed by atoms with Gasteiger partial charge in [-0.3, -0.25) is 14.4 Å². The summed E-state index contributed by atoms with van der Waals surface area (Å²) in [6.07, 6.45) is 43.6. The third-order valence-corrected chi connectivity index (χ3v) is 11.8. The molecule has 0 aliphatic rings. The summed E-state index contributed by atoms with van der Waals surface area (Å²) < 4.78 is 16.8. The predicted octanol–water partition coefficient (Wildman–Crippen LogP) is 16.1. The van der Waals surface area contributed by atoms with Gasteiger partial charge in [0.2, 0.25) is 0 Å². The van der Waals surface area contributed by atoms with Crippen molar-refractivity contribution in [1.29, 1.82) is 0 Å². The minimum atomic E-state index is -0.761. The second-order valence-electron chi connectivity index (χ2n) is 18.2. The molecule has 0 bridgehead atoms. The molecule has 2 atom stereocenters. The van der Waals surface area contributed by atoms with Gasteiger partial charge in [-0.1, -0.05) is 240 Å². The predicted molar refractivity (Wildman–Crippen MR) is 243 cm³/mol. The van der Waals surface area contributed by atoms with Crippen LogP contribution in [0.4, 0.5) is 0 Å². The van der Waals surface area contributed by atoms with Gasteiger partial charge in [0.1, 0.15) is 13.2 Å². The van der Waals surface area contributed by atoms with Crippen LogP contribution in [0.25, 0.3) is 0 Å². The van der Waals surface area contributed by atoms with Crippen LogP contribution in [0.5, 0.6) is 0 Å². The average Bonchev–Trinajstić information content (AvgIpc) is 3.19. The fourth-order valence-corrected chi connectivity index (χ4v) is 7.60. The molecule has 0 fully saturated rings. The Morgan fingerprint density at radius 1 is 0.368 bits per heavy atom. The highest BCUT2D eigenvalue weighted by molar-refractivity contribution is 5.71. The zero-order valence-electron chi connectivity index (χ0n) is 39.0. The van der Waals surface area contributed by atoms with Gasteiger partial charge in [0.05, 0.1) is 0 Å². The first-order chi connectivity index (χ1) is 27.8. The Morgan fingerprint density at radius 2 is 0.667 bits per heavy atom. The standard InChI is InChI=1S/C51H98O6/c1-6-8-9-10-11-12-14-23-28-33-38-43-51(54)57-48(44-55-49(52)41-36-31-26-21-16-13-15-19-24-29-34-39-46(3)4)45-56-50(53)42-37-32-27-22-18-17-20-25-30-35-40-47(5)7-2/h46-48H,6-45H2,1-5H3/t47?,48-/m0/s1. The van der Waals surface area contributed by atoms with Crippen molar-refractivity contribution in [1.82, 2.24) is 0 Å². The molecule has 0 spiro atoms. The molecular formula is C51H98O6. The topological polar surface area (TPSA) is 78.9 Å². The van der Waals surface area contributed by atoms with Crippen LogP contribution < -0.4 is 0 Å². The molecule has 0 saturated heterocycles. The summed E-state index contributed by atoms with van der Waals surface area (Å²) in [5, 5.41) is 0. The van der Waals surface area contributed by atoms with E-state index in [-0.39, 0.29) is 31.1 Å². The minimum Gasteiger partial charge on any atom is -0.462 e. The fourth-order valence-electron chi connectivity index (χ4n) is 7.60. The van der Waals surface area contributed by atoms with Gasteiger partial charge in [-0.05, 0) is 31.1 Å². The van der Waals surface area contributed by atoms with E-state index in [1.54, 1.807) is 0 Å². The zero-order chi connectivity index (χ0) is 41.9. The van der Waals surface area contributed by atoms with E-state index in [1.165, 1.54) is 167 Å². The molecule has 0 saturated carbocycles. The quantitative estimate of drug-likeness (QED) is 0.0346. The lowest BCUT2D eigenvalue weighted by molar-refractivity contribution is -0.167. The van der Waals surface area contributed by atoms with Gasteiger partial charge in [0.15, 0.2) is 6.10 Å². The fraction of sp³-hybridized carbons (Fsp3) is 0.941. The monoisotopic (exact) mass is 807 g/mol. The number of carbonyl (C=O) groups excluding carboxylic acids is 3. The molecule has 0 heterocycles. The molecule has 0 amide bonds. The molecule has 0 rings (SSSR count). The first kappa shape index (κ1) is 55.4. The first-order valence-electron chi connectivity index (χ1n) is 25.3. The van der Waals surface area contributed by atoms with Gasteiger partial charge in [0, 0.05) is 19.3 Å². The van der Waals surface area contributed by atoms with Crippen molar-refractivity contribution in [2.75, 3.05) is 13.2 Å². The first-order valence-corrected chi connectivity index (χ1v) is 25.3. The van der Waals surface area contributed by atoms with Crippen molar-refractivity contribution >= 4 is 17.9 Å². The van der Waals surface area contributed by atoms with Crippen LogP contribution >= 0.6 is 0 Å². The van der Waals surface area contributed by atoms with E-state index in [4.69, 9.17) is 14.2 Å². The molecule has 0 aromatic rings. The van der Waals surface area contributed by atoms with Gasteiger partial charge >= 0.3 is 17.9 Å². The molecule has 6 heteroatoms. The Morgan fingerprint density at radius 3 is 1.00 bits per heavy atom. The van der Waals surface area contributed by atoms with Crippen LogP contribution in [-0.2, 0) is 28.6 Å². The number of hydrogen-bond donors (Lipinski definition) is 0. The highest BCUT2D eigenvalue weighted by Crippen LogP contribution is 2.18. The summed E-state index contributed by atoms with van der Waals surface area (Å²) in [6.45, 7) is 11.4. The average molecular weight is 807 g/mol. The van der Waals surface area contributed by atoms with Crippen LogP contribution in [0, 0.1) is 11.8 Å². The molecule has 1 unspecified atom stereocenters. The van der Waals surface area contributed by atoms with Crippen LogP contribution in [0.3, 0.4) is 0 Å². The normalized spacial score (nSPS) is 12.5. The third kappa shape index (κ3) is 43.8.